The average Bonchev–Trinajstić information content (AvgIpc) is 3.43. The molecule has 2 aromatic rings. The number of benzene rings is 2. The summed E-state index contributed by atoms with van der Waals surface area (Å²) in [5.74, 6) is -1.44. The summed E-state index contributed by atoms with van der Waals surface area (Å²) in [6, 6.07) is 15.1. The van der Waals surface area contributed by atoms with Crippen LogP contribution in [0.5, 0.6) is 0 Å². The summed E-state index contributed by atoms with van der Waals surface area (Å²) in [6.45, 7) is 1.05. The highest BCUT2D eigenvalue weighted by molar-refractivity contribution is 5.86. The van der Waals surface area contributed by atoms with E-state index in [0.717, 1.165) is 22.3 Å². The molecule has 1 heterocycles. The van der Waals surface area contributed by atoms with Gasteiger partial charge < -0.3 is 24.8 Å². The normalized spacial score (nSPS) is 17.8. The van der Waals surface area contributed by atoms with Crippen LogP contribution in [0.4, 0.5) is 4.79 Å². The van der Waals surface area contributed by atoms with Crippen molar-refractivity contribution in [1.82, 2.24) is 10.2 Å². The van der Waals surface area contributed by atoms with Crippen LogP contribution < -0.4 is 5.32 Å². The number of nitrogens with zero attached hydrogens (tertiary/aromatic N) is 1. The number of hydrogen-bond donors (Lipinski definition) is 2. The number of hydrogen-bond acceptors (Lipinski definition) is 5. The van der Waals surface area contributed by atoms with Crippen molar-refractivity contribution in [2.75, 3.05) is 26.8 Å². The molecule has 1 fully saturated rings. The third kappa shape index (κ3) is 5.01. The van der Waals surface area contributed by atoms with Crippen LogP contribution >= 0.6 is 0 Å². The Bertz CT molecular complexity index is 994. The third-order valence-electron chi connectivity index (χ3n) is 6.37. The van der Waals surface area contributed by atoms with E-state index in [1.165, 1.54) is 0 Å². The van der Waals surface area contributed by atoms with Gasteiger partial charge >= 0.3 is 12.1 Å². The van der Waals surface area contributed by atoms with Crippen molar-refractivity contribution in [3.63, 3.8) is 0 Å². The number of carbonyl (C=O) groups excluding carboxylic acids is 2. The number of carboxylic acids is 1. The molecule has 2 amide bonds. The van der Waals surface area contributed by atoms with E-state index in [1.54, 1.807) is 12.0 Å². The standard InChI is InChI=1S/C25H28N2O6/c1-32-16-12-13-27(14-16)24(30)22(10-11-23(28)29)26-25(31)33-15-21-19-8-4-2-6-17(19)18-7-3-5-9-20(18)21/h2-9,16,21-22H,10-15H2,1H3,(H,26,31)(H,28,29)/t16-,22?/m1/s1. The lowest BCUT2D eigenvalue weighted by Crippen LogP contribution is -2.48. The second kappa shape index (κ2) is 10.0. The largest absolute Gasteiger partial charge is 0.481 e. The Kier molecular flexibility index (Phi) is 6.93. The number of methoxy groups -OCH3 is 1. The molecule has 4 rings (SSSR count). The van der Waals surface area contributed by atoms with Gasteiger partial charge in [-0.1, -0.05) is 48.5 Å². The fraction of sp³-hybridized carbons (Fsp3) is 0.400. The number of amides is 2. The van der Waals surface area contributed by atoms with E-state index in [1.807, 2.05) is 36.4 Å². The molecule has 1 aliphatic heterocycles. The van der Waals surface area contributed by atoms with Crippen LogP contribution in [0.3, 0.4) is 0 Å². The molecule has 0 bridgehead atoms. The quantitative estimate of drug-likeness (QED) is 0.638. The van der Waals surface area contributed by atoms with E-state index in [0.29, 0.717) is 19.5 Å². The zero-order valence-electron chi connectivity index (χ0n) is 18.5. The minimum Gasteiger partial charge on any atom is -0.481 e. The number of aliphatic carboxylic acids is 1. The molecule has 2 atom stereocenters. The first-order valence-corrected chi connectivity index (χ1v) is 11.1. The Morgan fingerprint density at radius 3 is 2.30 bits per heavy atom. The molecule has 1 unspecified atom stereocenters. The first kappa shape index (κ1) is 22.8. The zero-order chi connectivity index (χ0) is 23.4. The molecule has 2 aliphatic rings. The maximum atomic E-state index is 12.9. The van der Waals surface area contributed by atoms with Crippen LogP contribution in [0.1, 0.15) is 36.3 Å². The van der Waals surface area contributed by atoms with Crippen molar-refractivity contribution < 1.29 is 29.0 Å². The smallest absolute Gasteiger partial charge is 0.407 e. The molecular formula is C25H28N2O6. The van der Waals surface area contributed by atoms with Gasteiger partial charge in [-0.15, -0.1) is 0 Å². The van der Waals surface area contributed by atoms with Gasteiger partial charge in [-0.05, 0) is 35.1 Å². The second-order valence-corrected chi connectivity index (χ2v) is 8.39. The monoisotopic (exact) mass is 452 g/mol. The molecule has 8 heteroatoms. The molecule has 8 nitrogen and oxygen atoms in total. The van der Waals surface area contributed by atoms with E-state index in [-0.39, 0.29) is 37.4 Å². The summed E-state index contributed by atoms with van der Waals surface area (Å²) in [4.78, 5) is 38.3. The Morgan fingerprint density at radius 2 is 1.73 bits per heavy atom. The van der Waals surface area contributed by atoms with E-state index in [2.05, 4.69) is 17.4 Å². The highest BCUT2D eigenvalue weighted by Crippen LogP contribution is 2.44. The van der Waals surface area contributed by atoms with Gasteiger partial charge in [0.25, 0.3) is 0 Å². The van der Waals surface area contributed by atoms with Crippen molar-refractivity contribution in [1.29, 1.82) is 0 Å². The summed E-state index contributed by atoms with van der Waals surface area (Å²) >= 11 is 0. The minimum absolute atomic E-state index is 0.00743. The molecule has 174 valence electrons. The summed E-state index contributed by atoms with van der Waals surface area (Å²) < 4.78 is 10.8. The number of rotatable bonds is 8. The molecule has 2 N–H and O–H groups in total. The second-order valence-electron chi connectivity index (χ2n) is 8.39. The van der Waals surface area contributed by atoms with Crippen molar-refractivity contribution in [3.8, 4) is 11.1 Å². The van der Waals surface area contributed by atoms with Gasteiger partial charge in [0, 0.05) is 32.5 Å². The van der Waals surface area contributed by atoms with Gasteiger partial charge in [-0.3, -0.25) is 9.59 Å². The number of carbonyl (C=O) groups is 3. The molecule has 33 heavy (non-hydrogen) atoms. The molecule has 1 aliphatic carbocycles. The van der Waals surface area contributed by atoms with E-state index in [4.69, 9.17) is 14.6 Å². The van der Waals surface area contributed by atoms with Gasteiger partial charge in [0.2, 0.25) is 5.91 Å². The van der Waals surface area contributed by atoms with Crippen LogP contribution in [0.15, 0.2) is 48.5 Å². The first-order valence-electron chi connectivity index (χ1n) is 11.1. The van der Waals surface area contributed by atoms with Crippen molar-refractivity contribution >= 4 is 18.0 Å². The van der Waals surface area contributed by atoms with Crippen molar-refractivity contribution in [2.24, 2.45) is 0 Å². The molecule has 0 spiro atoms. The van der Waals surface area contributed by atoms with E-state index < -0.39 is 18.1 Å². The Hall–Kier alpha value is -3.39. The fourth-order valence-corrected chi connectivity index (χ4v) is 4.65. The van der Waals surface area contributed by atoms with Gasteiger partial charge in [-0.2, -0.15) is 0 Å². The number of nitrogens with one attached hydrogen (secondary N) is 1. The first-order chi connectivity index (χ1) is 16.0. The fourth-order valence-electron chi connectivity index (χ4n) is 4.65. The molecular weight excluding hydrogens is 424 g/mol. The highest BCUT2D eigenvalue weighted by atomic mass is 16.5. The van der Waals surface area contributed by atoms with E-state index in [9.17, 15) is 14.4 Å². The van der Waals surface area contributed by atoms with Crippen molar-refractivity contribution in [3.05, 3.63) is 59.7 Å². The summed E-state index contributed by atoms with van der Waals surface area (Å²) in [6.07, 6.45) is -0.320. The summed E-state index contributed by atoms with van der Waals surface area (Å²) in [7, 11) is 1.59. The number of ether oxygens (including phenoxy) is 2. The van der Waals surface area contributed by atoms with Gasteiger partial charge in [0.05, 0.1) is 6.10 Å². The Labute approximate surface area is 192 Å². The lowest BCUT2D eigenvalue weighted by atomic mass is 9.98. The summed E-state index contributed by atoms with van der Waals surface area (Å²) in [5, 5.41) is 11.7. The number of likely N-dealkylation sites (tertiary alicyclic amines) is 1. The van der Waals surface area contributed by atoms with Crippen LogP contribution in [-0.2, 0) is 19.1 Å². The topological polar surface area (TPSA) is 105 Å². The number of alkyl carbamates (subject to hydrolysis) is 1. The molecule has 2 aromatic carbocycles. The molecule has 0 aromatic heterocycles. The lowest BCUT2D eigenvalue weighted by molar-refractivity contribution is -0.138. The number of carboxylic acid groups (broad SMARTS) is 1. The Balaban J connectivity index is 1.41. The molecule has 0 saturated carbocycles. The third-order valence-corrected chi connectivity index (χ3v) is 6.37. The van der Waals surface area contributed by atoms with E-state index >= 15 is 0 Å². The van der Waals surface area contributed by atoms with Crippen LogP contribution in [-0.4, -0.2) is 66.9 Å². The molecule has 1 saturated heterocycles. The van der Waals surface area contributed by atoms with Crippen LogP contribution in [0.25, 0.3) is 11.1 Å². The van der Waals surface area contributed by atoms with Gasteiger partial charge in [0.15, 0.2) is 0 Å². The summed E-state index contributed by atoms with van der Waals surface area (Å²) in [5.41, 5.74) is 4.43. The van der Waals surface area contributed by atoms with Crippen LogP contribution in [0, 0.1) is 0 Å². The highest BCUT2D eigenvalue weighted by Gasteiger charge is 2.33. The lowest BCUT2D eigenvalue weighted by Gasteiger charge is -2.24. The SMILES string of the molecule is CO[C@@H]1CCN(C(=O)C(CCC(=O)O)NC(=O)OCC2c3ccccc3-c3ccccc32)C1. The Morgan fingerprint density at radius 1 is 1.09 bits per heavy atom. The van der Waals surface area contributed by atoms with Crippen LogP contribution in [0.2, 0.25) is 0 Å². The predicted octanol–water partition coefficient (Wildman–Crippen LogP) is 3.01. The van der Waals surface area contributed by atoms with Gasteiger partial charge in [0.1, 0.15) is 12.6 Å². The number of fused-ring (bicyclic) bond motifs is 3. The maximum Gasteiger partial charge on any atom is 0.407 e. The van der Waals surface area contributed by atoms with Gasteiger partial charge in [-0.25, -0.2) is 4.79 Å². The molecule has 0 radical (unpaired) electrons. The predicted molar refractivity (Wildman–Crippen MR) is 121 cm³/mol. The average molecular weight is 453 g/mol. The van der Waals surface area contributed by atoms with Crippen molar-refractivity contribution in [2.45, 2.75) is 37.3 Å². The maximum absolute atomic E-state index is 12.9. The zero-order valence-corrected chi connectivity index (χ0v) is 18.5. The minimum atomic E-state index is -1.03.